The summed E-state index contributed by atoms with van der Waals surface area (Å²) in [5.41, 5.74) is 2.24. The standard InChI is InChI=1S/C15H24O3/c1-11(2)7-6-8-12(3)9-10-14(13(4)16)15(17)18-5/h14H,1,3,6-10H2,2,4-5H3. The Morgan fingerprint density at radius 2 is 1.72 bits per heavy atom. The smallest absolute Gasteiger partial charge is 0.316 e. The van der Waals surface area contributed by atoms with Gasteiger partial charge in [0, 0.05) is 0 Å². The van der Waals surface area contributed by atoms with Crippen molar-refractivity contribution in [3.05, 3.63) is 24.3 Å². The number of carbonyl (C=O) groups is 2. The van der Waals surface area contributed by atoms with Crippen LogP contribution < -0.4 is 0 Å². The molecule has 0 aromatic heterocycles. The van der Waals surface area contributed by atoms with Gasteiger partial charge >= 0.3 is 5.97 Å². The Bertz CT molecular complexity index is 329. The number of esters is 1. The van der Waals surface area contributed by atoms with Crippen LogP contribution in [0.25, 0.3) is 0 Å². The summed E-state index contributed by atoms with van der Waals surface area (Å²) in [4.78, 5) is 22.7. The predicted octanol–water partition coefficient (Wildman–Crippen LogP) is 3.45. The van der Waals surface area contributed by atoms with Crippen LogP contribution in [-0.2, 0) is 14.3 Å². The molecule has 0 aliphatic carbocycles. The minimum atomic E-state index is -0.645. The normalized spacial score (nSPS) is 11.7. The molecule has 1 unspecified atom stereocenters. The van der Waals surface area contributed by atoms with Crippen LogP contribution in [0, 0.1) is 5.92 Å². The van der Waals surface area contributed by atoms with E-state index in [9.17, 15) is 9.59 Å². The zero-order valence-electron chi connectivity index (χ0n) is 11.8. The maximum absolute atomic E-state index is 11.4. The average molecular weight is 252 g/mol. The second-order valence-electron chi connectivity index (χ2n) is 4.79. The van der Waals surface area contributed by atoms with E-state index in [2.05, 4.69) is 17.9 Å². The maximum Gasteiger partial charge on any atom is 0.316 e. The predicted molar refractivity (Wildman–Crippen MR) is 73.2 cm³/mol. The lowest BCUT2D eigenvalue weighted by Crippen LogP contribution is -2.23. The second-order valence-corrected chi connectivity index (χ2v) is 4.79. The number of ether oxygens (including phenoxy) is 1. The van der Waals surface area contributed by atoms with Crippen molar-refractivity contribution in [3.8, 4) is 0 Å². The molecule has 0 N–H and O–H groups in total. The van der Waals surface area contributed by atoms with Crippen molar-refractivity contribution in [2.45, 2.75) is 46.0 Å². The first kappa shape index (κ1) is 16.6. The number of hydrogen-bond acceptors (Lipinski definition) is 3. The van der Waals surface area contributed by atoms with E-state index in [-0.39, 0.29) is 5.78 Å². The van der Waals surface area contributed by atoms with Crippen LogP contribution in [0.3, 0.4) is 0 Å². The van der Waals surface area contributed by atoms with Crippen molar-refractivity contribution in [2.24, 2.45) is 5.92 Å². The summed E-state index contributed by atoms with van der Waals surface area (Å²) in [6.45, 7) is 11.3. The number of Topliss-reactive ketones (excluding diaryl/α,β-unsaturated/α-hetero) is 1. The van der Waals surface area contributed by atoms with Crippen LogP contribution in [0.4, 0.5) is 0 Å². The van der Waals surface area contributed by atoms with Gasteiger partial charge in [0.05, 0.1) is 7.11 Å². The highest BCUT2D eigenvalue weighted by atomic mass is 16.5. The highest BCUT2D eigenvalue weighted by Gasteiger charge is 2.23. The Hall–Kier alpha value is -1.38. The fourth-order valence-corrected chi connectivity index (χ4v) is 1.74. The highest BCUT2D eigenvalue weighted by molar-refractivity contribution is 5.97. The molecule has 0 saturated heterocycles. The van der Waals surface area contributed by atoms with Gasteiger partial charge in [0.25, 0.3) is 0 Å². The van der Waals surface area contributed by atoms with Crippen molar-refractivity contribution < 1.29 is 14.3 Å². The lowest BCUT2D eigenvalue weighted by molar-refractivity contribution is -0.149. The average Bonchev–Trinajstić information content (AvgIpc) is 2.27. The Kier molecular flexibility index (Phi) is 8.01. The third kappa shape index (κ3) is 7.05. The first-order chi connectivity index (χ1) is 8.38. The van der Waals surface area contributed by atoms with E-state index in [1.54, 1.807) is 0 Å². The van der Waals surface area contributed by atoms with E-state index in [1.165, 1.54) is 19.6 Å². The van der Waals surface area contributed by atoms with Gasteiger partial charge in [-0.15, -0.1) is 6.58 Å². The Morgan fingerprint density at radius 1 is 1.11 bits per heavy atom. The quantitative estimate of drug-likeness (QED) is 0.358. The Morgan fingerprint density at radius 3 is 2.17 bits per heavy atom. The van der Waals surface area contributed by atoms with E-state index >= 15 is 0 Å². The number of rotatable bonds is 9. The van der Waals surface area contributed by atoms with Gasteiger partial charge in [-0.05, 0) is 46.0 Å². The first-order valence-electron chi connectivity index (χ1n) is 6.27. The van der Waals surface area contributed by atoms with Gasteiger partial charge in [0.1, 0.15) is 11.7 Å². The van der Waals surface area contributed by atoms with Gasteiger partial charge in [0.2, 0.25) is 0 Å². The molecule has 102 valence electrons. The molecule has 3 nitrogen and oxygen atoms in total. The van der Waals surface area contributed by atoms with Crippen LogP contribution in [0.15, 0.2) is 24.3 Å². The molecule has 0 aromatic rings. The summed E-state index contributed by atoms with van der Waals surface area (Å²) in [5.74, 6) is -1.23. The zero-order chi connectivity index (χ0) is 14.1. The molecule has 0 heterocycles. The third-order valence-electron chi connectivity index (χ3n) is 2.90. The molecule has 1 atom stereocenters. The summed E-state index contributed by atoms with van der Waals surface area (Å²) in [6.07, 6.45) is 4.12. The summed E-state index contributed by atoms with van der Waals surface area (Å²) >= 11 is 0. The van der Waals surface area contributed by atoms with Crippen LogP contribution in [-0.4, -0.2) is 18.9 Å². The number of ketones is 1. The van der Waals surface area contributed by atoms with Gasteiger partial charge in [-0.25, -0.2) is 0 Å². The molecule has 0 spiro atoms. The van der Waals surface area contributed by atoms with Crippen molar-refractivity contribution >= 4 is 11.8 Å². The van der Waals surface area contributed by atoms with Gasteiger partial charge in [-0.1, -0.05) is 17.7 Å². The lowest BCUT2D eigenvalue weighted by atomic mass is 9.94. The van der Waals surface area contributed by atoms with Crippen LogP contribution in [0.5, 0.6) is 0 Å². The molecule has 0 amide bonds. The van der Waals surface area contributed by atoms with Crippen LogP contribution in [0.1, 0.15) is 46.0 Å². The van der Waals surface area contributed by atoms with Crippen molar-refractivity contribution in [2.75, 3.05) is 7.11 Å². The van der Waals surface area contributed by atoms with E-state index in [0.717, 1.165) is 24.8 Å². The zero-order valence-corrected chi connectivity index (χ0v) is 11.8. The topological polar surface area (TPSA) is 43.4 Å². The Balaban J connectivity index is 4.04. The monoisotopic (exact) mass is 252 g/mol. The molecule has 0 aliphatic rings. The Labute approximate surface area is 110 Å². The number of hydrogen-bond donors (Lipinski definition) is 0. The molecule has 0 rings (SSSR count). The minimum absolute atomic E-state index is 0.142. The summed E-state index contributed by atoms with van der Waals surface area (Å²) in [5, 5.41) is 0. The van der Waals surface area contributed by atoms with Crippen molar-refractivity contribution in [3.63, 3.8) is 0 Å². The maximum atomic E-state index is 11.4. The summed E-state index contributed by atoms with van der Waals surface area (Å²) in [6, 6.07) is 0. The van der Waals surface area contributed by atoms with Crippen molar-refractivity contribution in [1.82, 2.24) is 0 Å². The number of carbonyl (C=O) groups excluding carboxylic acids is 2. The first-order valence-corrected chi connectivity index (χ1v) is 6.27. The van der Waals surface area contributed by atoms with Gasteiger partial charge < -0.3 is 4.74 Å². The molecule has 0 bridgehead atoms. The molecule has 18 heavy (non-hydrogen) atoms. The fraction of sp³-hybridized carbons (Fsp3) is 0.600. The molecular formula is C15H24O3. The van der Waals surface area contributed by atoms with Gasteiger partial charge in [-0.3, -0.25) is 9.59 Å². The van der Waals surface area contributed by atoms with E-state index in [1.807, 2.05) is 6.92 Å². The highest BCUT2D eigenvalue weighted by Crippen LogP contribution is 2.18. The minimum Gasteiger partial charge on any atom is -0.468 e. The number of methoxy groups -OCH3 is 1. The SMILES string of the molecule is C=C(C)CCCC(=C)CCC(C(C)=O)C(=O)OC. The molecule has 0 radical (unpaired) electrons. The lowest BCUT2D eigenvalue weighted by Gasteiger charge is -2.12. The summed E-state index contributed by atoms with van der Waals surface area (Å²) in [7, 11) is 1.31. The second kappa shape index (κ2) is 8.67. The van der Waals surface area contributed by atoms with Crippen molar-refractivity contribution in [1.29, 1.82) is 0 Å². The molecular weight excluding hydrogens is 228 g/mol. The van der Waals surface area contributed by atoms with Gasteiger partial charge in [-0.2, -0.15) is 0 Å². The number of allylic oxidation sites excluding steroid dienone is 2. The molecule has 0 aliphatic heterocycles. The molecule has 0 aromatic carbocycles. The molecule has 0 saturated carbocycles. The van der Waals surface area contributed by atoms with Crippen LogP contribution >= 0.6 is 0 Å². The van der Waals surface area contributed by atoms with Gasteiger partial charge in [0.15, 0.2) is 0 Å². The summed E-state index contributed by atoms with van der Waals surface area (Å²) < 4.78 is 4.62. The van der Waals surface area contributed by atoms with Crippen LogP contribution in [0.2, 0.25) is 0 Å². The van der Waals surface area contributed by atoms with E-state index in [4.69, 9.17) is 0 Å². The van der Waals surface area contributed by atoms with E-state index in [0.29, 0.717) is 12.8 Å². The fourth-order valence-electron chi connectivity index (χ4n) is 1.74. The third-order valence-corrected chi connectivity index (χ3v) is 2.90. The largest absolute Gasteiger partial charge is 0.468 e. The molecule has 3 heteroatoms. The van der Waals surface area contributed by atoms with E-state index < -0.39 is 11.9 Å². The molecule has 0 fully saturated rings.